The zero-order valence-electron chi connectivity index (χ0n) is 30.0. The molecular weight excluding hydrogens is 520 g/mol. The molecule has 0 radical (unpaired) electrons. The quantitative estimate of drug-likeness (QED) is 0.197. The van der Waals surface area contributed by atoms with E-state index >= 15 is 0 Å². The highest BCUT2D eigenvalue weighted by Crippen LogP contribution is 2.57. The summed E-state index contributed by atoms with van der Waals surface area (Å²) >= 11 is 0. The maximum Gasteiger partial charge on any atom is 0.130 e. The van der Waals surface area contributed by atoms with Crippen molar-refractivity contribution in [3.8, 4) is 16.9 Å². The van der Waals surface area contributed by atoms with Crippen LogP contribution in [0.2, 0.25) is 0 Å². The van der Waals surface area contributed by atoms with Gasteiger partial charge in [0.1, 0.15) is 11.5 Å². The van der Waals surface area contributed by atoms with Crippen molar-refractivity contribution in [1.82, 2.24) is 0 Å². The van der Waals surface area contributed by atoms with Gasteiger partial charge >= 0.3 is 0 Å². The van der Waals surface area contributed by atoms with Crippen molar-refractivity contribution in [3.63, 3.8) is 0 Å². The second-order valence-electron chi connectivity index (χ2n) is 11.0. The molecule has 1 nitrogen and oxygen atoms in total. The fraction of sp³-hybridized carbons (Fsp3) is 0.0476. The molecule has 0 amide bonds. The number of allylic oxidation sites excluding steroid dienone is 4. The maximum atomic E-state index is 9.25. The molecule has 0 aromatic heterocycles. The van der Waals surface area contributed by atoms with Crippen molar-refractivity contribution < 1.29 is 14.3 Å². The van der Waals surface area contributed by atoms with Gasteiger partial charge in [0.15, 0.2) is 0 Å². The van der Waals surface area contributed by atoms with Crippen molar-refractivity contribution in [2.75, 3.05) is 0 Å². The van der Waals surface area contributed by atoms with Gasteiger partial charge in [-0.25, -0.2) is 0 Å². The predicted molar refractivity (Wildman–Crippen MR) is 179 cm³/mol. The second kappa shape index (κ2) is 9.58. The van der Waals surface area contributed by atoms with E-state index in [2.05, 4.69) is 54.6 Å². The Kier molecular flexibility index (Phi) is 4.05. The van der Waals surface area contributed by atoms with Crippen LogP contribution in [0.1, 0.15) is 38.1 Å². The Hall–Kier alpha value is -5.40. The smallest absolute Gasteiger partial charge is 0.130 e. The molecule has 202 valence electrons. The molecular formula is C42H28O. The number of benzene rings is 7. The van der Waals surface area contributed by atoms with Crippen LogP contribution in [0.5, 0.6) is 5.75 Å². The SMILES string of the molecule is [2H]c1c([2H])c([2H])c2c(-c3c4ccccc4c(C4=CC=C5Oc6ccccc6C5C4c4ccccc4)c4ccccc34)c([2H])c([2H])c([2H])c2c1[2H]. The van der Waals surface area contributed by atoms with Crippen LogP contribution in [0.4, 0.5) is 0 Å². The van der Waals surface area contributed by atoms with Gasteiger partial charge in [-0.1, -0.05) is 145 Å². The van der Waals surface area contributed by atoms with E-state index in [0.717, 1.165) is 55.3 Å². The highest BCUT2D eigenvalue weighted by Gasteiger charge is 2.41. The lowest BCUT2D eigenvalue weighted by molar-refractivity contribution is 0.418. The van der Waals surface area contributed by atoms with Crippen LogP contribution in [0.25, 0.3) is 49.0 Å². The molecule has 1 heteroatoms. The van der Waals surface area contributed by atoms with E-state index in [4.69, 9.17) is 13.0 Å². The number of rotatable bonds is 3. The summed E-state index contributed by atoms with van der Waals surface area (Å²) in [5.41, 5.74) is 5.23. The third-order valence-electron chi connectivity index (χ3n) is 8.83. The van der Waals surface area contributed by atoms with Crippen LogP contribution < -0.4 is 4.74 Å². The standard InChI is InChI=1S/C42H28O/c1-2-14-28(15-3-1)39-36(25-26-38-42(39)35-22-10-11-24-37(35)43-38)41-33-20-8-6-18-31(33)40(32-19-7-9-21-34(32)41)30-23-12-16-27-13-4-5-17-29(27)30/h1-26,39,42H/i4D,5D,12D,13D,16D,17D,23D. The van der Waals surface area contributed by atoms with Gasteiger partial charge in [-0.15, -0.1) is 0 Å². The summed E-state index contributed by atoms with van der Waals surface area (Å²) in [7, 11) is 0. The number of hydrogen-bond donors (Lipinski definition) is 0. The van der Waals surface area contributed by atoms with Crippen LogP contribution in [0.3, 0.4) is 0 Å². The first kappa shape index (κ1) is 18.2. The third-order valence-corrected chi connectivity index (χ3v) is 8.83. The van der Waals surface area contributed by atoms with Crippen LogP contribution in [0, 0.1) is 0 Å². The first-order chi connectivity index (χ1) is 24.3. The zero-order valence-corrected chi connectivity index (χ0v) is 23.0. The molecule has 2 unspecified atom stereocenters. The van der Waals surface area contributed by atoms with Crippen molar-refractivity contribution in [2.45, 2.75) is 11.8 Å². The van der Waals surface area contributed by atoms with Crippen molar-refractivity contribution in [1.29, 1.82) is 0 Å². The normalized spacial score (nSPS) is 19.6. The molecule has 0 fully saturated rings. The largest absolute Gasteiger partial charge is 0.461 e. The van der Waals surface area contributed by atoms with E-state index in [-0.39, 0.29) is 58.4 Å². The van der Waals surface area contributed by atoms with Gasteiger partial charge < -0.3 is 4.74 Å². The molecule has 0 N–H and O–H groups in total. The summed E-state index contributed by atoms with van der Waals surface area (Å²) in [6, 6.07) is 31.9. The monoisotopic (exact) mass is 555 g/mol. The Morgan fingerprint density at radius 2 is 1.14 bits per heavy atom. The molecule has 43 heavy (non-hydrogen) atoms. The Balaban J connectivity index is 1.42. The minimum Gasteiger partial charge on any atom is -0.461 e. The molecule has 1 heterocycles. The van der Waals surface area contributed by atoms with Crippen molar-refractivity contribution >= 4 is 37.9 Å². The third kappa shape index (κ3) is 3.65. The molecule has 0 spiro atoms. The molecule has 0 saturated heterocycles. The minimum atomic E-state index is -0.467. The molecule has 9 rings (SSSR count). The average Bonchev–Trinajstić information content (AvgIpc) is 3.53. The van der Waals surface area contributed by atoms with Crippen molar-refractivity contribution in [2.24, 2.45) is 0 Å². The Labute approximate surface area is 260 Å². The first-order valence-corrected chi connectivity index (χ1v) is 14.4. The molecule has 1 aliphatic carbocycles. The first-order valence-electron chi connectivity index (χ1n) is 17.9. The lowest BCUT2D eigenvalue weighted by Gasteiger charge is -2.32. The maximum absolute atomic E-state index is 9.25. The summed E-state index contributed by atoms with van der Waals surface area (Å²) in [4.78, 5) is 0. The van der Waals surface area contributed by atoms with Crippen LogP contribution >= 0.6 is 0 Å². The highest BCUT2D eigenvalue weighted by atomic mass is 16.5. The van der Waals surface area contributed by atoms with E-state index < -0.39 is 12.1 Å². The van der Waals surface area contributed by atoms with Crippen LogP contribution in [0.15, 0.2) is 163 Å². The van der Waals surface area contributed by atoms with Gasteiger partial charge in [-0.2, -0.15) is 0 Å². The van der Waals surface area contributed by atoms with Gasteiger partial charge in [-0.05, 0) is 72.3 Å². The number of hydrogen-bond acceptors (Lipinski definition) is 1. The van der Waals surface area contributed by atoms with Gasteiger partial charge in [0.25, 0.3) is 0 Å². The average molecular weight is 556 g/mol. The lowest BCUT2D eigenvalue weighted by Crippen LogP contribution is -2.17. The van der Waals surface area contributed by atoms with Crippen molar-refractivity contribution in [3.05, 3.63) is 180 Å². The van der Waals surface area contributed by atoms with E-state index in [1.807, 2.05) is 60.7 Å². The van der Waals surface area contributed by atoms with Crippen LogP contribution in [-0.2, 0) is 0 Å². The fourth-order valence-corrected chi connectivity index (χ4v) is 7.09. The minimum absolute atomic E-state index is 0.0547. The molecule has 0 bridgehead atoms. The summed E-state index contributed by atoms with van der Waals surface area (Å²) in [6.45, 7) is 0. The van der Waals surface area contributed by atoms with E-state index in [9.17, 15) is 1.37 Å². The molecule has 7 aromatic carbocycles. The summed E-state index contributed by atoms with van der Waals surface area (Å²) in [5.74, 6) is 1.60. The van der Waals surface area contributed by atoms with E-state index in [1.54, 1.807) is 0 Å². The Morgan fingerprint density at radius 1 is 0.512 bits per heavy atom. The summed E-state index contributed by atoms with van der Waals surface area (Å²) in [5, 5.41) is 3.41. The van der Waals surface area contributed by atoms with E-state index in [1.165, 1.54) is 0 Å². The topological polar surface area (TPSA) is 9.23 Å². The fourth-order valence-electron chi connectivity index (χ4n) is 7.09. The molecule has 1 aliphatic heterocycles. The second-order valence-corrected chi connectivity index (χ2v) is 11.0. The number of fused-ring (bicyclic) bond motifs is 6. The predicted octanol–water partition coefficient (Wildman–Crippen LogP) is 11.1. The zero-order chi connectivity index (χ0) is 34.4. The molecule has 2 aliphatic rings. The van der Waals surface area contributed by atoms with Gasteiger partial charge in [0, 0.05) is 11.5 Å². The van der Waals surface area contributed by atoms with Crippen LogP contribution in [-0.4, -0.2) is 0 Å². The van der Waals surface area contributed by atoms with E-state index in [0.29, 0.717) is 5.56 Å². The molecule has 0 saturated carbocycles. The summed E-state index contributed by atoms with van der Waals surface area (Å²) in [6.07, 6.45) is 4.23. The molecule has 7 aromatic rings. The Bertz CT molecular complexity index is 2600. The van der Waals surface area contributed by atoms with Gasteiger partial charge in [0.05, 0.1) is 15.5 Å². The Morgan fingerprint density at radius 3 is 1.91 bits per heavy atom. The van der Waals surface area contributed by atoms with Gasteiger partial charge in [-0.3, -0.25) is 0 Å². The van der Waals surface area contributed by atoms with Gasteiger partial charge in [0.2, 0.25) is 0 Å². The molecule has 2 atom stereocenters. The number of para-hydroxylation sites is 1. The highest BCUT2D eigenvalue weighted by molar-refractivity contribution is 6.21. The lowest BCUT2D eigenvalue weighted by atomic mass is 9.70. The summed E-state index contributed by atoms with van der Waals surface area (Å²) < 4.78 is 67.8. The number of ether oxygens (including phenoxy) is 1.